The molecule has 2 aromatic carbocycles. The van der Waals surface area contributed by atoms with Crippen LogP contribution in [0.2, 0.25) is 0 Å². The average Bonchev–Trinajstić information content (AvgIpc) is 3.54. The first-order chi connectivity index (χ1) is 21.0. The highest BCUT2D eigenvalue weighted by Crippen LogP contribution is 2.48. The van der Waals surface area contributed by atoms with E-state index in [9.17, 15) is 14.5 Å². The van der Waals surface area contributed by atoms with Gasteiger partial charge in [-0.3, -0.25) is 13.9 Å². The van der Waals surface area contributed by atoms with Crippen LogP contribution in [0.1, 0.15) is 46.3 Å². The Morgan fingerprint density at radius 1 is 1.27 bits per heavy atom. The molecule has 0 bridgehead atoms. The minimum absolute atomic E-state index is 0.0337. The fourth-order valence-electron chi connectivity index (χ4n) is 5.03. The molecule has 5 rings (SSSR count). The number of nitrogens with one attached hydrogen (secondary N) is 1. The second-order valence-electron chi connectivity index (χ2n) is 10.8. The van der Waals surface area contributed by atoms with Gasteiger partial charge in [0.05, 0.1) is 32.8 Å². The summed E-state index contributed by atoms with van der Waals surface area (Å²) in [4.78, 5) is 25.3. The van der Waals surface area contributed by atoms with Crippen molar-refractivity contribution in [1.29, 1.82) is 0 Å². The van der Waals surface area contributed by atoms with Crippen molar-refractivity contribution in [2.24, 2.45) is 0 Å². The van der Waals surface area contributed by atoms with Crippen molar-refractivity contribution in [3.63, 3.8) is 0 Å². The number of aliphatic hydroxyl groups is 1. The van der Waals surface area contributed by atoms with Gasteiger partial charge < -0.3 is 29.6 Å². The van der Waals surface area contributed by atoms with Crippen molar-refractivity contribution in [3.05, 3.63) is 48.8 Å². The van der Waals surface area contributed by atoms with Crippen molar-refractivity contribution in [2.75, 3.05) is 26.1 Å². The molecule has 3 heterocycles. The number of ether oxygens (including phenoxy) is 3. The van der Waals surface area contributed by atoms with Gasteiger partial charge in [-0.25, -0.2) is 9.55 Å². The fourth-order valence-corrected chi connectivity index (χ4v) is 6.57. The Labute approximate surface area is 254 Å². The summed E-state index contributed by atoms with van der Waals surface area (Å²) < 4.78 is 44.4. The highest BCUT2D eigenvalue weighted by atomic mass is 31.2. The summed E-state index contributed by atoms with van der Waals surface area (Å²) in [5.74, 6) is -0.135. The van der Waals surface area contributed by atoms with Crippen LogP contribution in [0.25, 0.3) is 21.9 Å². The molecule has 0 radical (unpaired) electrons. The van der Waals surface area contributed by atoms with Crippen LogP contribution in [0.4, 0.5) is 5.95 Å². The van der Waals surface area contributed by atoms with Gasteiger partial charge in [-0.15, -0.1) is 0 Å². The molecule has 5 unspecified atom stereocenters. The van der Waals surface area contributed by atoms with E-state index < -0.39 is 37.7 Å². The number of nitrogens with zero attached hydrogens (tertiary/aromatic N) is 4. The van der Waals surface area contributed by atoms with Crippen LogP contribution < -0.4 is 20.1 Å². The van der Waals surface area contributed by atoms with Crippen molar-refractivity contribution in [1.82, 2.24) is 24.6 Å². The van der Waals surface area contributed by atoms with Gasteiger partial charge in [-0.1, -0.05) is 49.7 Å². The number of rotatable bonds is 13. The zero-order chi connectivity index (χ0) is 31.5. The Hall–Kier alpha value is -3.81. The number of benzene rings is 2. The molecule has 14 nitrogen and oxygen atoms in total. The summed E-state index contributed by atoms with van der Waals surface area (Å²) in [5.41, 5.74) is 5.11. The molecule has 0 amide bonds. The highest BCUT2D eigenvalue weighted by Gasteiger charge is 2.47. The van der Waals surface area contributed by atoms with Gasteiger partial charge in [-0.2, -0.15) is 15.1 Å². The van der Waals surface area contributed by atoms with E-state index in [0.29, 0.717) is 28.7 Å². The number of aromatic nitrogens is 4. The van der Waals surface area contributed by atoms with Gasteiger partial charge in [0, 0.05) is 11.8 Å². The van der Waals surface area contributed by atoms with E-state index in [1.807, 2.05) is 37.3 Å². The first-order valence-electron chi connectivity index (χ1n) is 14.3. The lowest BCUT2D eigenvalue weighted by Gasteiger charge is -2.25. The number of methoxy groups -OCH3 is 1. The topological polar surface area (TPSA) is 182 Å². The minimum atomic E-state index is -4.21. The van der Waals surface area contributed by atoms with E-state index in [0.717, 1.165) is 11.8 Å². The third-order valence-electron chi connectivity index (χ3n) is 7.19. The first-order valence-corrected chi connectivity index (χ1v) is 15.9. The third-order valence-corrected chi connectivity index (χ3v) is 8.82. The van der Waals surface area contributed by atoms with Gasteiger partial charge in [0.1, 0.15) is 17.4 Å². The van der Waals surface area contributed by atoms with Crippen molar-refractivity contribution >= 4 is 41.6 Å². The molecule has 1 fully saturated rings. The quantitative estimate of drug-likeness (QED) is 0.109. The minimum Gasteiger partial charge on any atom is -0.479 e. The normalized spacial score (nSPS) is 22.1. The number of carbonyl (C=O) groups excluding carboxylic acids is 1. The third kappa shape index (κ3) is 6.79. The molecule has 0 spiro atoms. The Morgan fingerprint density at radius 3 is 2.82 bits per heavy atom. The second kappa shape index (κ2) is 13.0. The van der Waals surface area contributed by atoms with E-state index in [1.54, 1.807) is 19.1 Å². The number of hydrogen-bond donors (Lipinski definition) is 3. The number of unbranched alkanes of at least 4 members (excludes halogenated alkanes) is 1. The summed E-state index contributed by atoms with van der Waals surface area (Å²) in [6, 6.07) is 11.8. The molecule has 44 heavy (non-hydrogen) atoms. The Bertz CT molecular complexity index is 1680. The van der Waals surface area contributed by atoms with Crippen LogP contribution in [0.5, 0.6) is 11.6 Å². The maximum absolute atomic E-state index is 14.2. The number of carbonyl (C=O) groups is 1. The molecular formula is C29H37N6O8P. The van der Waals surface area contributed by atoms with E-state index in [2.05, 4.69) is 20.0 Å². The number of imidazole rings is 1. The van der Waals surface area contributed by atoms with Crippen LogP contribution in [-0.4, -0.2) is 68.7 Å². The lowest BCUT2D eigenvalue weighted by molar-refractivity contribution is -0.145. The molecule has 4 aromatic rings. The summed E-state index contributed by atoms with van der Waals surface area (Å²) in [6.45, 7) is 5.11. The number of nitrogens with two attached hydrogens (primary N) is 1. The standard InChI is InChI=1S/C29H37N6O8P/c1-5-6-14-40-26(36)18(2)34-44(38,43-22-13-9-11-19-10-7-8-12-21(19)22)41-16-20-15-29(3,37)27(42-20)35-17-31-23-24(35)32-28(30)33-25(23)39-4/h7-13,17-18,20,27,37H,5-6,14-16H2,1-4H3,(H,34,38)(H2,30,32,33). The zero-order valence-corrected chi connectivity index (χ0v) is 25.9. The largest absolute Gasteiger partial charge is 0.479 e. The van der Waals surface area contributed by atoms with Gasteiger partial charge >= 0.3 is 13.7 Å². The van der Waals surface area contributed by atoms with Crippen molar-refractivity contribution in [2.45, 2.75) is 64.0 Å². The molecule has 1 aliphatic heterocycles. The van der Waals surface area contributed by atoms with Crippen LogP contribution >= 0.6 is 7.75 Å². The molecule has 236 valence electrons. The van der Waals surface area contributed by atoms with E-state index >= 15 is 0 Å². The molecule has 4 N–H and O–H groups in total. The van der Waals surface area contributed by atoms with Gasteiger partial charge in [0.15, 0.2) is 17.4 Å². The zero-order valence-electron chi connectivity index (χ0n) is 25.0. The molecular weight excluding hydrogens is 591 g/mol. The summed E-state index contributed by atoms with van der Waals surface area (Å²) >= 11 is 0. The van der Waals surface area contributed by atoms with Gasteiger partial charge in [0.25, 0.3) is 0 Å². The molecule has 0 saturated carbocycles. The first kappa shape index (κ1) is 31.6. The molecule has 1 aliphatic rings. The number of hydrogen-bond acceptors (Lipinski definition) is 12. The predicted molar refractivity (Wildman–Crippen MR) is 162 cm³/mol. The Kier molecular flexibility index (Phi) is 9.37. The average molecular weight is 629 g/mol. The van der Waals surface area contributed by atoms with Crippen LogP contribution in [0, 0.1) is 0 Å². The lowest BCUT2D eigenvalue weighted by atomic mass is 10.0. The summed E-state index contributed by atoms with van der Waals surface area (Å²) in [7, 11) is -2.77. The predicted octanol–water partition coefficient (Wildman–Crippen LogP) is 4.13. The van der Waals surface area contributed by atoms with E-state index in [-0.39, 0.29) is 31.5 Å². The van der Waals surface area contributed by atoms with E-state index in [4.69, 9.17) is 29.0 Å². The number of anilines is 1. The Balaban J connectivity index is 1.37. The van der Waals surface area contributed by atoms with E-state index in [1.165, 1.54) is 24.9 Å². The van der Waals surface area contributed by atoms with Crippen molar-refractivity contribution in [3.8, 4) is 11.6 Å². The summed E-state index contributed by atoms with van der Waals surface area (Å²) in [6.07, 6.45) is 1.45. The second-order valence-corrected chi connectivity index (χ2v) is 12.5. The molecule has 0 aliphatic carbocycles. The molecule has 5 atom stereocenters. The highest BCUT2D eigenvalue weighted by molar-refractivity contribution is 7.52. The smallest absolute Gasteiger partial charge is 0.459 e. The monoisotopic (exact) mass is 628 g/mol. The van der Waals surface area contributed by atoms with Gasteiger partial charge in [0.2, 0.25) is 11.8 Å². The van der Waals surface area contributed by atoms with Gasteiger partial charge in [-0.05, 0) is 31.7 Å². The molecule has 15 heteroatoms. The van der Waals surface area contributed by atoms with Crippen molar-refractivity contribution < 1.29 is 37.7 Å². The van der Waals surface area contributed by atoms with Crippen LogP contribution in [-0.2, 0) is 23.4 Å². The summed E-state index contributed by atoms with van der Waals surface area (Å²) in [5, 5.41) is 15.6. The molecule has 1 saturated heterocycles. The lowest BCUT2D eigenvalue weighted by Crippen LogP contribution is -2.36. The van der Waals surface area contributed by atoms with Crippen LogP contribution in [0.15, 0.2) is 48.8 Å². The number of esters is 1. The maximum atomic E-state index is 14.2. The maximum Gasteiger partial charge on any atom is 0.459 e. The SMILES string of the molecule is CCCCOC(=O)C(C)NP(=O)(OCC1CC(C)(O)C(n2cnc3c(OC)nc(N)nc32)O1)Oc1cccc2ccccc12. The fraction of sp³-hybridized carbons (Fsp3) is 0.448. The number of fused-ring (bicyclic) bond motifs is 2. The van der Waals surface area contributed by atoms with Crippen LogP contribution in [0.3, 0.4) is 0 Å². The number of nitrogen functional groups attached to an aromatic ring is 1. The Morgan fingerprint density at radius 2 is 2.05 bits per heavy atom. The molecule has 2 aromatic heterocycles.